The molecule has 2 nitrogen and oxygen atoms in total. The van der Waals surface area contributed by atoms with Gasteiger partial charge < -0.3 is 4.74 Å². The molecule has 2 rings (SSSR count). The first kappa shape index (κ1) is 7.99. The maximum atomic E-state index is 11.4. The normalized spacial score (nSPS) is 38.2. The zero-order chi connectivity index (χ0) is 9.15. The highest BCUT2D eigenvalue weighted by molar-refractivity contribution is 6.00. The molecule has 1 atom stereocenters. The molecule has 0 unspecified atom stereocenters. The Labute approximate surface area is 72.6 Å². The highest BCUT2D eigenvalue weighted by atomic mass is 16.6. The van der Waals surface area contributed by atoms with E-state index in [0.717, 1.165) is 11.1 Å². The Hall–Kier alpha value is -0.630. The Kier molecular flexibility index (Phi) is 1.21. The van der Waals surface area contributed by atoms with E-state index < -0.39 is 0 Å². The number of ketones is 1. The molecular formula is C10H14O2. The first-order valence-electron chi connectivity index (χ1n) is 4.32. The van der Waals surface area contributed by atoms with Gasteiger partial charge in [0.05, 0.1) is 5.60 Å². The molecule has 0 aromatic carbocycles. The van der Waals surface area contributed by atoms with Crippen molar-refractivity contribution in [2.45, 2.75) is 45.3 Å². The van der Waals surface area contributed by atoms with Gasteiger partial charge in [-0.2, -0.15) is 0 Å². The number of epoxide rings is 1. The highest BCUT2D eigenvalue weighted by Crippen LogP contribution is 2.58. The first-order chi connectivity index (χ1) is 5.41. The number of carbonyl (C=O) groups is 1. The summed E-state index contributed by atoms with van der Waals surface area (Å²) in [7, 11) is 0. The second-order valence-corrected chi connectivity index (χ2v) is 4.29. The standard InChI is InChI=1S/C10H14O2/c1-6-7(2)10(5-8(6)11)9(3,4)12-10/h5H2,1-4H3/t10-/m1/s1. The van der Waals surface area contributed by atoms with Crippen molar-refractivity contribution in [1.29, 1.82) is 0 Å². The number of carbonyl (C=O) groups excluding carboxylic acids is 1. The monoisotopic (exact) mass is 166 g/mol. The Balaban J connectivity index is 2.43. The van der Waals surface area contributed by atoms with E-state index in [1.165, 1.54) is 0 Å². The molecule has 0 bridgehead atoms. The van der Waals surface area contributed by atoms with Crippen LogP contribution in [-0.4, -0.2) is 17.0 Å². The summed E-state index contributed by atoms with van der Waals surface area (Å²) < 4.78 is 5.63. The van der Waals surface area contributed by atoms with Crippen molar-refractivity contribution in [3.05, 3.63) is 11.1 Å². The van der Waals surface area contributed by atoms with Gasteiger partial charge in [0.25, 0.3) is 0 Å². The van der Waals surface area contributed by atoms with Gasteiger partial charge >= 0.3 is 0 Å². The quantitative estimate of drug-likeness (QED) is 0.514. The third-order valence-electron chi connectivity index (χ3n) is 3.36. The summed E-state index contributed by atoms with van der Waals surface area (Å²) in [5.74, 6) is 0.248. The molecule has 1 heterocycles. The van der Waals surface area contributed by atoms with Crippen LogP contribution in [0.4, 0.5) is 0 Å². The van der Waals surface area contributed by atoms with Crippen LogP contribution in [0.25, 0.3) is 0 Å². The van der Waals surface area contributed by atoms with Crippen LogP contribution in [0.2, 0.25) is 0 Å². The minimum Gasteiger partial charge on any atom is -0.358 e. The lowest BCUT2D eigenvalue weighted by Crippen LogP contribution is -2.19. The van der Waals surface area contributed by atoms with Crippen LogP contribution >= 0.6 is 0 Å². The molecule has 12 heavy (non-hydrogen) atoms. The van der Waals surface area contributed by atoms with E-state index >= 15 is 0 Å². The molecule has 0 aromatic rings. The summed E-state index contributed by atoms with van der Waals surface area (Å²) in [4.78, 5) is 11.4. The molecule has 1 fully saturated rings. The van der Waals surface area contributed by atoms with Gasteiger partial charge in [0.1, 0.15) is 5.60 Å². The van der Waals surface area contributed by atoms with Gasteiger partial charge in [-0.3, -0.25) is 4.79 Å². The van der Waals surface area contributed by atoms with Crippen LogP contribution in [0, 0.1) is 0 Å². The largest absolute Gasteiger partial charge is 0.358 e. The predicted octanol–water partition coefficient (Wildman–Crippen LogP) is 1.84. The van der Waals surface area contributed by atoms with Gasteiger partial charge in [0, 0.05) is 6.42 Å². The molecule has 2 heteroatoms. The fraction of sp³-hybridized carbons (Fsp3) is 0.700. The first-order valence-corrected chi connectivity index (χ1v) is 4.32. The fourth-order valence-corrected chi connectivity index (χ4v) is 2.19. The van der Waals surface area contributed by atoms with E-state index in [1.807, 2.05) is 27.7 Å². The van der Waals surface area contributed by atoms with Crippen LogP contribution in [0.5, 0.6) is 0 Å². The molecule has 0 amide bonds. The number of rotatable bonds is 0. The summed E-state index contributed by atoms with van der Waals surface area (Å²) in [6.45, 7) is 7.99. The van der Waals surface area contributed by atoms with Gasteiger partial charge in [0.15, 0.2) is 5.78 Å². The Morgan fingerprint density at radius 2 is 1.83 bits per heavy atom. The van der Waals surface area contributed by atoms with Crippen LogP contribution < -0.4 is 0 Å². The smallest absolute Gasteiger partial charge is 0.161 e. The number of allylic oxidation sites excluding steroid dienone is 1. The summed E-state index contributed by atoms with van der Waals surface area (Å²) in [6.07, 6.45) is 0.553. The average Bonchev–Trinajstić information content (AvgIpc) is 2.44. The summed E-state index contributed by atoms with van der Waals surface area (Å²) in [5.41, 5.74) is 1.69. The van der Waals surface area contributed by atoms with E-state index in [0.29, 0.717) is 6.42 Å². The Bertz CT molecular complexity index is 299. The lowest BCUT2D eigenvalue weighted by atomic mass is 9.90. The number of hydrogen-bond donors (Lipinski definition) is 0. The van der Waals surface area contributed by atoms with E-state index in [2.05, 4.69) is 0 Å². The van der Waals surface area contributed by atoms with Gasteiger partial charge in [-0.1, -0.05) is 0 Å². The maximum Gasteiger partial charge on any atom is 0.161 e. The van der Waals surface area contributed by atoms with E-state index in [1.54, 1.807) is 0 Å². The number of hydrogen-bond acceptors (Lipinski definition) is 2. The van der Waals surface area contributed by atoms with E-state index in [-0.39, 0.29) is 17.0 Å². The summed E-state index contributed by atoms with van der Waals surface area (Å²) >= 11 is 0. The van der Waals surface area contributed by atoms with Crippen molar-refractivity contribution in [2.24, 2.45) is 0 Å². The molecular weight excluding hydrogens is 152 g/mol. The molecule has 1 aliphatic carbocycles. The molecule has 1 aliphatic heterocycles. The molecule has 0 radical (unpaired) electrons. The minimum atomic E-state index is -0.228. The third-order valence-corrected chi connectivity index (χ3v) is 3.36. The number of ether oxygens (including phenoxy) is 1. The summed E-state index contributed by atoms with van der Waals surface area (Å²) in [6, 6.07) is 0. The predicted molar refractivity (Wildman–Crippen MR) is 45.9 cm³/mol. The Morgan fingerprint density at radius 3 is 2.00 bits per heavy atom. The lowest BCUT2D eigenvalue weighted by molar-refractivity contribution is -0.115. The molecule has 1 saturated heterocycles. The van der Waals surface area contributed by atoms with Crippen molar-refractivity contribution >= 4 is 5.78 Å². The van der Waals surface area contributed by atoms with Crippen LogP contribution in [0.1, 0.15) is 34.1 Å². The molecule has 0 aromatic heterocycles. The van der Waals surface area contributed by atoms with Crippen LogP contribution in [0.3, 0.4) is 0 Å². The Morgan fingerprint density at radius 1 is 1.33 bits per heavy atom. The van der Waals surface area contributed by atoms with Crippen molar-refractivity contribution in [2.75, 3.05) is 0 Å². The third kappa shape index (κ3) is 0.667. The molecule has 66 valence electrons. The molecule has 2 aliphatic rings. The SMILES string of the molecule is CC1=C(C)[C@@]2(CC1=O)OC2(C)C. The van der Waals surface area contributed by atoms with Crippen molar-refractivity contribution in [3.63, 3.8) is 0 Å². The lowest BCUT2D eigenvalue weighted by Gasteiger charge is -2.06. The second kappa shape index (κ2) is 1.82. The minimum absolute atomic E-state index is 0.121. The summed E-state index contributed by atoms with van der Waals surface area (Å²) in [5, 5.41) is 0. The van der Waals surface area contributed by atoms with Crippen molar-refractivity contribution in [1.82, 2.24) is 0 Å². The average molecular weight is 166 g/mol. The van der Waals surface area contributed by atoms with Crippen LogP contribution in [-0.2, 0) is 9.53 Å². The number of Topliss-reactive ketones (excluding diaryl/α,β-unsaturated/α-hetero) is 1. The van der Waals surface area contributed by atoms with Crippen molar-refractivity contribution < 1.29 is 9.53 Å². The topological polar surface area (TPSA) is 29.6 Å². The van der Waals surface area contributed by atoms with Gasteiger partial charge in [-0.25, -0.2) is 0 Å². The van der Waals surface area contributed by atoms with Gasteiger partial charge in [0.2, 0.25) is 0 Å². The zero-order valence-corrected chi connectivity index (χ0v) is 8.02. The fourth-order valence-electron chi connectivity index (χ4n) is 2.19. The van der Waals surface area contributed by atoms with Crippen LogP contribution in [0.15, 0.2) is 11.1 Å². The van der Waals surface area contributed by atoms with E-state index in [4.69, 9.17) is 4.74 Å². The molecule has 1 spiro atoms. The zero-order valence-electron chi connectivity index (χ0n) is 8.02. The molecule has 0 N–H and O–H groups in total. The highest BCUT2D eigenvalue weighted by Gasteiger charge is 2.68. The maximum absolute atomic E-state index is 11.4. The van der Waals surface area contributed by atoms with Crippen molar-refractivity contribution in [3.8, 4) is 0 Å². The van der Waals surface area contributed by atoms with Gasteiger partial charge in [-0.05, 0) is 38.8 Å². The van der Waals surface area contributed by atoms with Gasteiger partial charge in [-0.15, -0.1) is 0 Å². The second-order valence-electron chi connectivity index (χ2n) is 4.29. The molecule has 0 saturated carbocycles. The van der Waals surface area contributed by atoms with E-state index in [9.17, 15) is 4.79 Å².